The zero-order chi connectivity index (χ0) is 14.7. The third-order valence-corrected chi connectivity index (χ3v) is 3.26. The van der Waals surface area contributed by atoms with Crippen molar-refractivity contribution < 1.29 is 14.0 Å². The van der Waals surface area contributed by atoms with Gasteiger partial charge in [0.05, 0.1) is 5.56 Å². The summed E-state index contributed by atoms with van der Waals surface area (Å²) in [4.78, 5) is 28.4. The number of aromatic nitrogens is 1. The van der Waals surface area contributed by atoms with Crippen LogP contribution in [0, 0.1) is 0 Å². The third-order valence-electron chi connectivity index (χ3n) is 3.26. The molecule has 20 heavy (non-hydrogen) atoms. The summed E-state index contributed by atoms with van der Waals surface area (Å²) in [5.41, 5.74) is 6.78. The Morgan fingerprint density at radius 3 is 2.50 bits per heavy atom. The van der Waals surface area contributed by atoms with E-state index in [0.29, 0.717) is 22.9 Å². The van der Waals surface area contributed by atoms with Gasteiger partial charge in [-0.15, -0.1) is 0 Å². The Hall–Kier alpha value is -2.43. The van der Waals surface area contributed by atoms with Crippen LogP contribution < -0.4 is 5.73 Å². The second-order valence-corrected chi connectivity index (χ2v) is 5.87. The van der Waals surface area contributed by atoms with Gasteiger partial charge < -0.3 is 10.2 Å². The van der Waals surface area contributed by atoms with Crippen LogP contribution in [0.3, 0.4) is 0 Å². The molecule has 5 nitrogen and oxygen atoms in total. The van der Waals surface area contributed by atoms with Gasteiger partial charge in [0.1, 0.15) is 0 Å². The van der Waals surface area contributed by atoms with E-state index in [-0.39, 0.29) is 16.7 Å². The maximum absolute atomic E-state index is 12.1. The molecule has 0 saturated carbocycles. The van der Waals surface area contributed by atoms with Crippen molar-refractivity contribution in [2.24, 2.45) is 0 Å². The van der Waals surface area contributed by atoms with Crippen molar-refractivity contribution in [3.63, 3.8) is 0 Å². The number of oxazole rings is 1. The van der Waals surface area contributed by atoms with Gasteiger partial charge in [-0.2, -0.15) is 0 Å². The zero-order valence-electron chi connectivity index (χ0n) is 11.5. The first-order valence-corrected chi connectivity index (χ1v) is 6.30. The lowest BCUT2D eigenvalue weighted by Crippen LogP contribution is -2.22. The molecule has 3 rings (SSSR count). The number of anilines is 1. The summed E-state index contributed by atoms with van der Waals surface area (Å²) in [7, 11) is 0. The van der Waals surface area contributed by atoms with E-state index in [0.717, 1.165) is 0 Å². The van der Waals surface area contributed by atoms with Crippen molar-refractivity contribution in [1.82, 2.24) is 4.98 Å². The monoisotopic (exact) mass is 270 g/mol. The van der Waals surface area contributed by atoms with Gasteiger partial charge in [0.15, 0.2) is 11.5 Å². The molecule has 2 aromatic rings. The first kappa shape index (κ1) is 12.6. The number of nitrogens with zero attached hydrogens (tertiary/aromatic N) is 1. The quantitative estimate of drug-likeness (QED) is 0.587. The molecule has 5 heteroatoms. The molecular weight excluding hydrogens is 256 g/mol. The van der Waals surface area contributed by atoms with Crippen LogP contribution in [0.1, 0.15) is 47.5 Å². The Bertz CT molecular complexity index is 751. The molecule has 0 unspecified atom stereocenters. The lowest BCUT2D eigenvalue weighted by Gasteiger charge is -2.14. The molecule has 1 aromatic heterocycles. The van der Waals surface area contributed by atoms with Crippen molar-refractivity contribution in [3.05, 3.63) is 35.3 Å². The molecule has 1 aromatic carbocycles. The number of nitrogens with two attached hydrogens (primary N) is 1. The average Bonchev–Trinajstić information content (AvgIpc) is 2.80. The fourth-order valence-corrected chi connectivity index (χ4v) is 2.21. The van der Waals surface area contributed by atoms with Crippen LogP contribution in [0.25, 0.3) is 11.3 Å². The van der Waals surface area contributed by atoms with Crippen LogP contribution in [-0.4, -0.2) is 16.6 Å². The number of benzene rings is 1. The standard InChI is InChI=1S/C15H14N2O3/c1-15(2,3)14-17-10-12(19)11(18)7-5-4-6-8(16)9(7)13(10)20-14/h4-6H,16H2,1-3H3. The van der Waals surface area contributed by atoms with Crippen molar-refractivity contribution in [2.45, 2.75) is 26.2 Å². The minimum absolute atomic E-state index is 0.0605. The summed E-state index contributed by atoms with van der Waals surface area (Å²) in [6.45, 7) is 5.77. The Morgan fingerprint density at radius 1 is 1.15 bits per heavy atom. The van der Waals surface area contributed by atoms with Crippen LogP contribution in [0.15, 0.2) is 22.6 Å². The Morgan fingerprint density at radius 2 is 1.85 bits per heavy atom. The summed E-state index contributed by atoms with van der Waals surface area (Å²) in [5.74, 6) is -0.515. The van der Waals surface area contributed by atoms with Gasteiger partial charge in [0.2, 0.25) is 11.7 Å². The minimum atomic E-state index is -0.641. The van der Waals surface area contributed by atoms with Crippen molar-refractivity contribution in [2.75, 3.05) is 5.73 Å². The number of ketones is 2. The average molecular weight is 270 g/mol. The first-order chi connectivity index (χ1) is 9.30. The van der Waals surface area contributed by atoms with E-state index >= 15 is 0 Å². The fraction of sp³-hybridized carbons (Fsp3) is 0.267. The predicted octanol–water partition coefficient (Wildman–Crippen LogP) is 2.60. The van der Waals surface area contributed by atoms with Gasteiger partial charge in [0, 0.05) is 16.7 Å². The molecule has 0 atom stereocenters. The van der Waals surface area contributed by atoms with E-state index in [1.54, 1.807) is 18.2 Å². The van der Waals surface area contributed by atoms with Gasteiger partial charge in [-0.1, -0.05) is 32.9 Å². The number of nitrogen functional groups attached to an aromatic ring is 1. The number of hydrogen-bond donors (Lipinski definition) is 1. The van der Waals surface area contributed by atoms with E-state index in [1.165, 1.54) is 0 Å². The number of rotatable bonds is 0. The maximum atomic E-state index is 12.1. The minimum Gasteiger partial charge on any atom is -0.439 e. The van der Waals surface area contributed by atoms with E-state index in [2.05, 4.69) is 4.98 Å². The normalized spacial score (nSPS) is 14.2. The lowest BCUT2D eigenvalue weighted by atomic mass is 9.90. The number of fused-ring (bicyclic) bond motifs is 3. The lowest BCUT2D eigenvalue weighted by molar-refractivity contribution is 0.0812. The maximum Gasteiger partial charge on any atom is 0.255 e. The second kappa shape index (κ2) is 3.79. The summed E-state index contributed by atoms with van der Waals surface area (Å²) in [6, 6.07) is 4.89. The Labute approximate surface area is 115 Å². The molecule has 0 fully saturated rings. The summed E-state index contributed by atoms with van der Waals surface area (Å²) in [6.07, 6.45) is 0. The molecular formula is C15H14N2O3. The molecule has 1 aliphatic rings. The van der Waals surface area contributed by atoms with Gasteiger partial charge in [0.25, 0.3) is 5.78 Å². The predicted molar refractivity (Wildman–Crippen MR) is 73.7 cm³/mol. The Balaban J connectivity index is 2.35. The van der Waals surface area contributed by atoms with E-state index < -0.39 is 11.6 Å². The highest BCUT2D eigenvalue weighted by molar-refractivity contribution is 6.52. The van der Waals surface area contributed by atoms with Gasteiger partial charge in [-0.05, 0) is 6.07 Å². The number of Topliss-reactive ketones (excluding diaryl/α,β-unsaturated/α-hetero) is 2. The van der Waals surface area contributed by atoms with E-state index in [4.69, 9.17) is 10.2 Å². The molecule has 102 valence electrons. The summed E-state index contributed by atoms with van der Waals surface area (Å²) >= 11 is 0. The highest BCUT2D eigenvalue weighted by Crippen LogP contribution is 2.39. The number of carbonyl (C=O) groups is 2. The van der Waals surface area contributed by atoms with Crippen LogP contribution in [0.5, 0.6) is 0 Å². The third kappa shape index (κ3) is 1.59. The first-order valence-electron chi connectivity index (χ1n) is 6.30. The highest BCUT2D eigenvalue weighted by atomic mass is 16.4. The molecule has 1 aliphatic carbocycles. The fourth-order valence-electron chi connectivity index (χ4n) is 2.21. The van der Waals surface area contributed by atoms with E-state index in [1.807, 2.05) is 20.8 Å². The SMILES string of the molecule is CC(C)(C)c1nc2c(o1)-c1c(N)cccc1C(=O)C2=O. The van der Waals surface area contributed by atoms with Crippen molar-refractivity contribution >= 4 is 17.3 Å². The van der Waals surface area contributed by atoms with Crippen molar-refractivity contribution in [1.29, 1.82) is 0 Å². The van der Waals surface area contributed by atoms with Crippen LogP contribution >= 0.6 is 0 Å². The molecule has 1 heterocycles. The molecule has 0 spiro atoms. The Kier molecular flexibility index (Phi) is 2.38. The molecule has 0 aliphatic heterocycles. The molecule has 0 radical (unpaired) electrons. The van der Waals surface area contributed by atoms with Crippen LogP contribution in [-0.2, 0) is 5.41 Å². The second-order valence-electron chi connectivity index (χ2n) is 5.87. The molecule has 0 bridgehead atoms. The zero-order valence-corrected chi connectivity index (χ0v) is 11.5. The molecule has 2 N–H and O–H groups in total. The van der Waals surface area contributed by atoms with Crippen molar-refractivity contribution in [3.8, 4) is 11.3 Å². The molecule has 0 saturated heterocycles. The van der Waals surface area contributed by atoms with Gasteiger partial charge >= 0.3 is 0 Å². The van der Waals surface area contributed by atoms with Crippen LogP contribution in [0.4, 0.5) is 5.69 Å². The smallest absolute Gasteiger partial charge is 0.255 e. The number of carbonyl (C=O) groups excluding carboxylic acids is 2. The van der Waals surface area contributed by atoms with Gasteiger partial charge in [-0.25, -0.2) is 4.98 Å². The topological polar surface area (TPSA) is 86.2 Å². The number of hydrogen-bond acceptors (Lipinski definition) is 5. The largest absolute Gasteiger partial charge is 0.439 e. The summed E-state index contributed by atoms with van der Waals surface area (Å²) < 4.78 is 5.73. The molecule has 0 amide bonds. The van der Waals surface area contributed by atoms with Crippen LogP contribution in [0.2, 0.25) is 0 Å². The van der Waals surface area contributed by atoms with E-state index in [9.17, 15) is 9.59 Å². The highest BCUT2D eigenvalue weighted by Gasteiger charge is 2.38. The summed E-state index contributed by atoms with van der Waals surface area (Å²) in [5, 5.41) is 0. The van der Waals surface area contributed by atoms with Gasteiger partial charge in [-0.3, -0.25) is 9.59 Å².